The number of benzene rings is 1. The first-order valence-electron chi connectivity index (χ1n) is 8.19. The summed E-state index contributed by atoms with van der Waals surface area (Å²) in [6.45, 7) is 8.68. The van der Waals surface area contributed by atoms with E-state index in [9.17, 15) is 13.5 Å². The fourth-order valence-electron chi connectivity index (χ4n) is 4.10. The highest BCUT2D eigenvalue weighted by Crippen LogP contribution is 2.27. The zero-order valence-corrected chi connectivity index (χ0v) is 14.9. The van der Waals surface area contributed by atoms with Crippen LogP contribution in [0.2, 0.25) is 0 Å². The summed E-state index contributed by atoms with van der Waals surface area (Å²) in [5.74, 6) is 0.503. The summed E-state index contributed by atoms with van der Waals surface area (Å²) in [4.78, 5) is 2.30. The number of aryl methyl sites for hydroxylation is 2. The summed E-state index contributed by atoms with van der Waals surface area (Å²) in [5, 5.41) is 13.0. The summed E-state index contributed by atoms with van der Waals surface area (Å²) in [6, 6.07) is 2.24. The van der Waals surface area contributed by atoms with Crippen LogP contribution in [0.1, 0.15) is 27.8 Å². The Morgan fingerprint density at radius 2 is 1.91 bits per heavy atom. The summed E-state index contributed by atoms with van der Waals surface area (Å²) < 4.78 is 23.9. The molecule has 0 unspecified atom stereocenters. The number of hydrogen-bond acceptors (Lipinski definition) is 5. The van der Waals surface area contributed by atoms with Crippen molar-refractivity contribution in [1.82, 2.24) is 10.2 Å². The van der Waals surface area contributed by atoms with Gasteiger partial charge in [-0.15, -0.1) is 0 Å². The Kier molecular flexibility index (Phi) is 4.53. The number of aliphatic hydroxyl groups is 1. The molecule has 2 atom stereocenters. The smallest absolute Gasteiger partial charge is 0.153 e. The molecule has 5 nitrogen and oxygen atoms in total. The number of piperazine rings is 1. The highest BCUT2D eigenvalue weighted by Gasteiger charge is 2.42. The number of nitrogens with zero attached hydrogens (tertiary/aromatic N) is 1. The Morgan fingerprint density at radius 3 is 2.61 bits per heavy atom. The Labute approximate surface area is 138 Å². The lowest BCUT2D eigenvalue weighted by molar-refractivity contribution is 0.140. The molecule has 2 N–H and O–H groups in total. The lowest BCUT2D eigenvalue weighted by Crippen LogP contribution is -2.56. The van der Waals surface area contributed by atoms with Gasteiger partial charge in [-0.05, 0) is 48.6 Å². The molecule has 0 amide bonds. The number of hydrogen-bond donors (Lipinski definition) is 2. The van der Waals surface area contributed by atoms with Gasteiger partial charge in [-0.3, -0.25) is 4.90 Å². The van der Waals surface area contributed by atoms with Gasteiger partial charge < -0.3 is 10.4 Å². The second-order valence-corrected chi connectivity index (χ2v) is 9.08. The molecule has 0 saturated carbocycles. The van der Waals surface area contributed by atoms with E-state index in [1.165, 1.54) is 11.1 Å². The van der Waals surface area contributed by atoms with E-state index < -0.39 is 9.84 Å². The van der Waals surface area contributed by atoms with Crippen LogP contribution in [0, 0.1) is 20.8 Å². The Bertz CT molecular complexity index is 715. The molecule has 6 heteroatoms. The van der Waals surface area contributed by atoms with E-state index in [0.29, 0.717) is 0 Å². The quantitative estimate of drug-likeness (QED) is 0.848. The first-order valence-corrected chi connectivity index (χ1v) is 10.0. The van der Waals surface area contributed by atoms with Crippen LogP contribution in [0.4, 0.5) is 0 Å². The third-order valence-corrected chi connectivity index (χ3v) is 7.12. The number of sulfone groups is 1. The molecule has 0 aliphatic carbocycles. The molecule has 0 radical (unpaired) electrons. The van der Waals surface area contributed by atoms with Crippen LogP contribution in [0.5, 0.6) is 0 Å². The van der Waals surface area contributed by atoms with Gasteiger partial charge in [-0.25, -0.2) is 8.42 Å². The largest absolute Gasteiger partial charge is 0.392 e. The minimum absolute atomic E-state index is 0.0485. The third kappa shape index (κ3) is 3.18. The molecule has 1 aromatic carbocycles. The maximum Gasteiger partial charge on any atom is 0.153 e. The highest BCUT2D eigenvalue weighted by molar-refractivity contribution is 7.91. The van der Waals surface area contributed by atoms with Crippen molar-refractivity contribution in [3.8, 4) is 0 Å². The first-order chi connectivity index (χ1) is 10.8. The van der Waals surface area contributed by atoms with E-state index in [0.717, 1.165) is 36.3 Å². The Hall–Kier alpha value is -0.950. The molecule has 0 aromatic heterocycles. The van der Waals surface area contributed by atoms with Crippen molar-refractivity contribution in [3.05, 3.63) is 33.9 Å². The predicted molar refractivity (Wildman–Crippen MR) is 91.2 cm³/mol. The zero-order chi connectivity index (χ0) is 16.8. The van der Waals surface area contributed by atoms with Crippen LogP contribution in [-0.4, -0.2) is 55.1 Å². The molecule has 1 aromatic rings. The van der Waals surface area contributed by atoms with Gasteiger partial charge >= 0.3 is 0 Å². The standard InChI is InChI=1S/C17H26N2O3S/c1-11-6-12(2)15(8-20)13(3)14(11)7-19-5-4-18-16-9-23(21,22)10-17(16)19/h6,16-18,20H,4-5,7-10H2,1-3H3/t16-,17+/m0/s1. The second kappa shape index (κ2) is 6.16. The lowest BCUT2D eigenvalue weighted by Gasteiger charge is -2.38. The van der Waals surface area contributed by atoms with Gasteiger partial charge in [0.05, 0.1) is 18.1 Å². The monoisotopic (exact) mass is 338 g/mol. The van der Waals surface area contributed by atoms with Gasteiger partial charge in [0.25, 0.3) is 0 Å². The lowest BCUT2D eigenvalue weighted by atomic mass is 9.92. The van der Waals surface area contributed by atoms with Crippen LogP contribution in [-0.2, 0) is 23.0 Å². The molecular weight excluding hydrogens is 312 g/mol. The maximum atomic E-state index is 12.0. The van der Waals surface area contributed by atoms with Crippen LogP contribution in [0.15, 0.2) is 6.07 Å². The van der Waals surface area contributed by atoms with Crippen LogP contribution < -0.4 is 5.32 Å². The fourth-order valence-corrected chi connectivity index (χ4v) is 6.09. The van der Waals surface area contributed by atoms with Crippen molar-refractivity contribution >= 4 is 9.84 Å². The predicted octanol–water partition coefficient (Wildman–Crippen LogP) is 0.675. The SMILES string of the molecule is Cc1cc(C)c(CN2CCN[C@H]3CS(=O)(=O)C[C@H]32)c(C)c1CO. The zero-order valence-electron chi connectivity index (χ0n) is 14.1. The Morgan fingerprint density at radius 1 is 1.22 bits per heavy atom. The minimum atomic E-state index is -2.94. The van der Waals surface area contributed by atoms with E-state index in [1.54, 1.807) is 0 Å². The van der Waals surface area contributed by atoms with Crippen molar-refractivity contribution in [2.75, 3.05) is 24.6 Å². The third-order valence-electron chi connectivity index (χ3n) is 5.41. The van der Waals surface area contributed by atoms with Crippen molar-refractivity contribution < 1.29 is 13.5 Å². The average Bonchev–Trinajstić information content (AvgIpc) is 2.78. The molecule has 2 aliphatic rings. The van der Waals surface area contributed by atoms with Crippen molar-refractivity contribution in [2.24, 2.45) is 0 Å². The molecular formula is C17H26N2O3S. The number of fused-ring (bicyclic) bond motifs is 1. The van der Waals surface area contributed by atoms with Crippen molar-refractivity contribution in [1.29, 1.82) is 0 Å². The Balaban J connectivity index is 1.90. The number of aliphatic hydroxyl groups excluding tert-OH is 1. The minimum Gasteiger partial charge on any atom is -0.392 e. The van der Waals surface area contributed by atoms with Crippen LogP contribution >= 0.6 is 0 Å². The van der Waals surface area contributed by atoms with E-state index >= 15 is 0 Å². The normalized spacial score (nSPS) is 27.1. The summed E-state index contributed by atoms with van der Waals surface area (Å²) >= 11 is 0. The van der Waals surface area contributed by atoms with Gasteiger partial charge in [-0.2, -0.15) is 0 Å². The van der Waals surface area contributed by atoms with E-state index in [4.69, 9.17) is 0 Å². The molecule has 23 heavy (non-hydrogen) atoms. The number of nitrogens with one attached hydrogen (secondary N) is 1. The fraction of sp³-hybridized carbons (Fsp3) is 0.647. The number of rotatable bonds is 3. The molecule has 0 spiro atoms. The molecule has 128 valence electrons. The topological polar surface area (TPSA) is 69.6 Å². The second-order valence-electron chi connectivity index (χ2n) is 6.93. The van der Waals surface area contributed by atoms with Gasteiger partial charge in [0.1, 0.15) is 0 Å². The van der Waals surface area contributed by atoms with Crippen LogP contribution in [0.3, 0.4) is 0 Å². The van der Waals surface area contributed by atoms with Gasteiger partial charge in [0, 0.05) is 31.7 Å². The van der Waals surface area contributed by atoms with Gasteiger partial charge in [0.15, 0.2) is 9.84 Å². The summed E-state index contributed by atoms with van der Waals surface area (Å²) in [6.07, 6.45) is 0. The van der Waals surface area contributed by atoms with Crippen molar-refractivity contribution in [3.63, 3.8) is 0 Å². The molecule has 0 bridgehead atoms. The van der Waals surface area contributed by atoms with E-state index in [2.05, 4.69) is 30.1 Å². The van der Waals surface area contributed by atoms with Gasteiger partial charge in [0.2, 0.25) is 0 Å². The summed E-state index contributed by atoms with van der Waals surface area (Å²) in [7, 11) is -2.94. The molecule has 2 aliphatic heterocycles. The highest BCUT2D eigenvalue weighted by atomic mass is 32.2. The van der Waals surface area contributed by atoms with E-state index in [1.807, 2.05) is 6.92 Å². The molecule has 3 rings (SSSR count). The molecule has 2 fully saturated rings. The van der Waals surface area contributed by atoms with E-state index in [-0.39, 0.29) is 30.2 Å². The maximum absolute atomic E-state index is 12.0. The average molecular weight is 338 g/mol. The van der Waals surface area contributed by atoms with Gasteiger partial charge in [-0.1, -0.05) is 6.07 Å². The van der Waals surface area contributed by atoms with Crippen LogP contribution in [0.25, 0.3) is 0 Å². The summed E-state index contributed by atoms with van der Waals surface area (Å²) in [5.41, 5.74) is 5.70. The molecule has 2 heterocycles. The molecule has 2 saturated heterocycles. The first kappa shape index (κ1) is 16.9. The van der Waals surface area contributed by atoms with Crippen molar-refractivity contribution in [2.45, 2.75) is 46.0 Å².